The van der Waals surface area contributed by atoms with Crippen molar-refractivity contribution in [3.63, 3.8) is 0 Å². The van der Waals surface area contributed by atoms with Crippen LogP contribution in [0.25, 0.3) is 0 Å². The molecule has 1 fully saturated rings. The van der Waals surface area contributed by atoms with Gasteiger partial charge < -0.3 is 9.30 Å². The molecule has 2 aromatic rings. The maximum Gasteiger partial charge on any atom is 0.240 e. The second-order valence-corrected chi connectivity index (χ2v) is 8.06. The van der Waals surface area contributed by atoms with Gasteiger partial charge in [-0.05, 0) is 51.0 Å². The minimum atomic E-state index is -3.52. The Morgan fingerprint density at radius 3 is 2.62 bits per heavy atom. The number of nitrogens with one attached hydrogen (secondary N) is 1. The van der Waals surface area contributed by atoms with Crippen LogP contribution >= 0.6 is 0 Å². The van der Waals surface area contributed by atoms with E-state index < -0.39 is 10.0 Å². The van der Waals surface area contributed by atoms with Crippen molar-refractivity contribution in [2.75, 3.05) is 6.54 Å². The molecule has 24 heavy (non-hydrogen) atoms. The van der Waals surface area contributed by atoms with Crippen molar-refractivity contribution in [2.45, 2.75) is 50.2 Å². The second kappa shape index (κ2) is 6.94. The van der Waals surface area contributed by atoms with Crippen LogP contribution in [0.15, 0.2) is 41.6 Å². The van der Waals surface area contributed by atoms with Crippen molar-refractivity contribution in [2.24, 2.45) is 0 Å². The molecular formula is C17H23N3O3S. The first kappa shape index (κ1) is 17.0. The summed E-state index contributed by atoms with van der Waals surface area (Å²) in [4.78, 5) is 4.60. The second-order valence-electron chi connectivity index (χ2n) is 6.29. The monoisotopic (exact) mass is 349 g/mol. The Kier molecular flexibility index (Phi) is 4.91. The van der Waals surface area contributed by atoms with Crippen LogP contribution in [-0.4, -0.2) is 30.6 Å². The van der Waals surface area contributed by atoms with Crippen LogP contribution < -0.4 is 9.46 Å². The maximum absolute atomic E-state index is 12.3. The number of imidazole rings is 1. The van der Waals surface area contributed by atoms with Gasteiger partial charge in [0.05, 0.1) is 11.0 Å². The van der Waals surface area contributed by atoms with Crippen LogP contribution in [0.1, 0.15) is 38.4 Å². The molecule has 1 N–H and O–H groups in total. The number of hydrogen-bond donors (Lipinski definition) is 1. The molecule has 1 heterocycles. The van der Waals surface area contributed by atoms with Gasteiger partial charge >= 0.3 is 0 Å². The van der Waals surface area contributed by atoms with Gasteiger partial charge in [-0.25, -0.2) is 18.1 Å². The summed E-state index contributed by atoms with van der Waals surface area (Å²) in [6.07, 6.45) is 6.08. The van der Waals surface area contributed by atoms with Crippen molar-refractivity contribution in [1.29, 1.82) is 0 Å². The molecule has 0 saturated heterocycles. The third-order valence-corrected chi connectivity index (χ3v) is 5.32. The topological polar surface area (TPSA) is 73.2 Å². The minimum Gasteiger partial charge on any atom is -0.491 e. The van der Waals surface area contributed by atoms with Gasteiger partial charge in [0.25, 0.3) is 0 Å². The summed E-state index contributed by atoms with van der Waals surface area (Å²) in [7, 11) is -3.52. The summed E-state index contributed by atoms with van der Waals surface area (Å²) < 4.78 is 34.9. The SMILES string of the molecule is CC(C)Oc1ccc(S(=O)(=O)NCCn2ccnc2C2CC2)cc1. The zero-order valence-corrected chi connectivity index (χ0v) is 14.8. The number of ether oxygens (including phenoxy) is 1. The van der Waals surface area contributed by atoms with Crippen LogP contribution in [-0.2, 0) is 16.6 Å². The third kappa shape index (κ3) is 4.15. The van der Waals surface area contributed by atoms with Gasteiger partial charge in [0.1, 0.15) is 11.6 Å². The molecule has 0 spiro atoms. The van der Waals surface area contributed by atoms with E-state index in [2.05, 4.69) is 9.71 Å². The largest absolute Gasteiger partial charge is 0.491 e. The Hall–Kier alpha value is -1.86. The zero-order chi connectivity index (χ0) is 17.2. The smallest absolute Gasteiger partial charge is 0.240 e. The lowest BCUT2D eigenvalue weighted by atomic mass is 10.3. The molecule has 3 rings (SSSR count). The van der Waals surface area contributed by atoms with Crippen molar-refractivity contribution in [3.05, 3.63) is 42.5 Å². The normalized spacial score (nSPS) is 15.0. The fourth-order valence-corrected chi connectivity index (χ4v) is 3.59. The van der Waals surface area contributed by atoms with Crippen LogP contribution in [0.4, 0.5) is 0 Å². The van der Waals surface area contributed by atoms with Gasteiger partial charge in [-0.1, -0.05) is 0 Å². The van der Waals surface area contributed by atoms with E-state index in [1.165, 1.54) is 12.8 Å². The summed E-state index contributed by atoms with van der Waals surface area (Å²) in [5.41, 5.74) is 0. The fourth-order valence-electron chi connectivity index (χ4n) is 2.56. The number of nitrogens with zero attached hydrogens (tertiary/aromatic N) is 2. The third-order valence-electron chi connectivity index (χ3n) is 3.84. The highest BCUT2D eigenvalue weighted by Gasteiger charge is 2.27. The summed E-state index contributed by atoms with van der Waals surface area (Å²) in [5, 5.41) is 0. The van der Waals surface area contributed by atoms with Crippen LogP contribution in [0.3, 0.4) is 0 Å². The Balaban J connectivity index is 1.58. The number of sulfonamides is 1. The standard InChI is InChI=1S/C17H23N3O3S/c1-13(2)23-15-5-7-16(8-6-15)24(21,22)19-10-12-20-11-9-18-17(20)14-3-4-14/h5-9,11,13-14,19H,3-4,10,12H2,1-2H3. The lowest BCUT2D eigenvalue weighted by Crippen LogP contribution is -2.27. The summed E-state index contributed by atoms with van der Waals surface area (Å²) >= 11 is 0. The molecule has 0 bridgehead atoms. The maximum atomic E-state index is 12.3. The van der Waals surface area contributed by atoms with Gasteiger partial charge in [-0.3, -0.25) is 0 Å². The molecule has 1 aliphatic rings. The number of benzene rings is 1. The molecule has 0 radical (unpaired) electrons. The average Bonchev–Trinajstić information content (AvgIpc) is 3.26. The van der Waals surface area contributed by atoms with Gasteiger partial charge in [-0.2, -0.15) is 0 Å². The van der Waals surface area contributed by atoms with Crippen molar-refractivity contribution in [1.82, 2.24) is 14.3 Å². The van der Waals surface area contributed by atoms with E-state index in [4.69, 9.17) is 4.74 Å². The van der Waals surface area contributed by atoms with E-state index in [1.54, 1.807) is 30.5 Å². The highest BCUT2D eigenvalue weighted by molar-refractivity contribution is 7.89. The van der Waals surface area contributed by atoms with E-state index in [0.717, 1.165) is 5.82 Å². The first-order valence-corrected chi connectivity index (χ1v) is 9.71. The molecule has 1 saturated carbocycles. The highest BCUT2D eigenvalue weighted by Crippen LogP contribution is 2.38. The summed E-state index contributed by atoms with van der Waals surface area (Å²) in [6, 6.07) is 6.48. The van der Waals surface area contributed by atoms with Gasteiger partial charge in [-0.15, -0.1) is 0 Å². The van der Waals surface area contributed by atoms with Crippen molar-refractivity contribution >= 4 is 10.0 Å². The Morgan fingerprint density at radius 2 is 2.00 bits per heavy atom. The molecule has 1 aromatic carbocycles. The molecule has 1 aromatic heterocycles. The molecule has 0 aliphatic heterocycles. The first-order valence-electron chi connectivity index (χ1n) is 8.23. The Bertz CT molecular complexity index is 778. The molecular weight excluding hydrogens is 326 g/mol. The molecule has 1 aliphatic carbocycles. The van der Waals surface area contributed by atoms with E-state index in [-0.39, 0.29) is 11.0 Å². The number of hydrogen-bond acceptors (Lipinski definition) is 4. The lowest BCUT2D eigenvalue weighted by Gasteiger charge is -2.11. The van der Waals surface area contributed by atoms with Gasteiger partial charge in [0, 0.05) is 31.4 Å². The Labute approximate surface area is 142 Å². The van der Waals surface area contributed by atoms with E-state index in [0.29, 0.717) is 24.8 Å². The average molecular weight is 349 g/mol. The summed E-state index contributed by atoms with van der Waals surface area (Å²) in [6.45, 7) is 4.78. The van der Waals surface area contributed by atoms with Crippen molar-refractivity contribution < 1.29 is 13.2 Å². The first-order chi connectivity index (χ1) is 11.5. The van der Waals surface area contributed by atoms with Crippen LogP contribution in [0, 0.1) is 0 Å². The van der Waals surface area contributed by atoms with E-state index in [1.807, 2.05) is 24.6 Å². The Morgan fingerprint density at radius 1 is 1.29 bits per heavy atom. The van der Waals surface area contributed by atoms with Crippen LogP contribution in [0.5, 0.6) is 5.75 Å². The summed E-state index contributed by atoms with van der Waals surface area (Å²) in [5.74, 6) is 2.27. The number of rotatable bonds is 8. The zero-order valence-electron chi connectivity index (χ0n) is 14.0. The van der Waals surface area contributed by atoms with E-state index >= 15 is 0 Å². The van der Waals surface area contributed by atoms with Crippen LogP contribution in [0.2, 0.25) is 0 Å². The highest BCUT2D eigenvalue weighted by atomic mass is 32.2. The molecule has 7 heteroatoms. The molecule has 0 amide bonds. The molecule has 130 valence electrons. The lowest BCUT2D eigenvalue weighted by molar-refractivity contribution is 0.242. The number of aromatic nitrogens is 2. The molecule has 0 atom stereocenters. The van der Waals surface area contributed by atoms with Gasteiger partial charge in [0.2, 0.25) is 10.0 Å². The quantitative estimate of drug-likeness (QED) is 0.795. The van der Waals surface area contributed by atoms with Gasteiger partial charge in [0.15, 0.2) is 0 Å². The predicted octanol–water partition coefficient (Wildman–Crippen LogP) is 2.53. The molecule has 6 nitrogen and oxygen atoms in total. The predicted molar refractivity (Wildman–Crippen MR) is 91.6 cm³/mol. The minimum absolute atomic E-state index is 0.0569. The van der Waals surface area contributed by atoms with E-state index in [9.17, 15) is 8.42 Å². The van der Waals surface area contributed by atoms with Crippen molar-refractivity contribution in [3.8, 4) is 5.75 Å². The fraction of sp³-hybridized carbons (Fsp3) is 0.471. The molecule has 0 unspecified atom stereocenters.